The molecule has 0 aromatic heterocycles. The van der Waals surface area contributed by atoms with E-state index in [4.69, 9.17) is 11.6 Å². The fourth-order valence-corrected chi connectivity index (χ4v) is 2.32. The Labute approximate surface area is 132 Å². The molecule has 20 heavy (non-hydrogen) atoms. The van der Waals surface area contributed by atoms with Crippen LogP contribution in [0.1, 0.15) is 21.5 Å². The normalized spacial score (nSPS) is 10.3. The monoisotopic (exact) mass is 351 g/mol. The maximum atomic E-state index is 11.9. The van der Waals surface area contributed by atoms with E-state index in [1.807, 2.05) is 48.5 Å². The van der Waals surface area contributed by atoms with E-state index in [0.29, 0.717) is 12.1 Å². The number of alkyl halides is 1. The van der Waals surface area contributed by atoms with E-state index in [9.17, 15) is 4.79 Å². The molecule has 0 bridgehead atoms. The first-order chi connectivity index (χ1) is 9.69. The van der Waals surface area contributed by atoms with Gasteiger partial charge in [0.2, 0.25) is 0 Å². The van der Waals surface area contributed by atoms with E-state index in [1.54, 1.807) is 0 Å². The molecule has 2 nitrogen and oxygen atoms in total. The van der Waals surface area contributed by atoms with Gasteiger partial charge in [-0.15, -0.1) is 0 Å². The van der Waals surface area contributed by atoms with Crippen LogP contribution >= 0.6 is 27.5 Å². The zero-order chi connectivity index (χ0) is 14.4. The summed E-state index contributed by atoms with van der Waals surface area (Å²) in [6, 6.07) is 15.2. The van der Waals surface area contributed by atoms with Crippen molar-refractivity contribution in [2.24, 2.45) is 0 Å². The molecular weight excluding hydrogens is 338 g/mol. The van der Waals surface area contributed by atoms with Crippen molar-refractivity contribution in [3.63, 3.8) is 0 Å². The van der Waals surface area contributed by atoms with Crippen molar-refractivity contribution in [2.45, 2.75) is 11.8 Å². The molecule has 0 fully saturated rings. The van der Waals surface area contributed by atoms with Gasteiger partial charge in [-0.25, -0.2) is 0 Å². The fraction of sp³-hybridized carbons (Fsp3) is 0.188. The summed E-state index contributed by atoms with van der Waals surface area (Å²) in [4.78, 5) is 11.9. The molecule has 2 aromatic rings. The number of hydrogen-bond acceptors (Lipinski definition) is 1. The van der Waals surface area contributed by atoms with Crippen molar-refractivity contribution in [1.82, 2.24) is 5.32 Å². The van der Waals surface area contributed by atoms with Crippen LogP contribution < -0.4 is 5.32 Å². The maximum absolute atomic E-state index is 11.9. The lowest BCUT2D eigenvalue weighted by molar-refractivity contribution is 0.0954. The topological polar surface area (TPSA) is 29.1 Å². The summed E-state index contributed by atoms with van der Waals surface area (Å²) in [5.74, 6) is -0.0416. The van der Waals surface area contributed by atoms with E-state index < -0.39 is 0 Å². The fourth-order valence-electron chi connectivity index (χ4n) is 1.82. The third-order valence-corrected chi connectivity index (χ3v) is 3.88. The highest BCUT2D eigenvalue weighted by atomic mass is 79.9. The van der Waals surface area contributed by atoms with Gasteiger partial charge < -0.3 is 5.32 Å². The molecule has 104 valence electrons. The van der Waals surface area contributed by atoms with Gasteiger partial charge in [0.15, 0.2) is 0 Å². The molecule has 1 amide bonds. The Bertz CT molecular complexity index is 566. The van der Waals surface area contributed by atoms with Crippen LogP contribution in [-0.2, 0) is 11.8 Å². The average Bonchev–Trinajstić information content (AvgIpc) is 2.49. The Kier molecular flexibility index (Phi) is 5.62. The molecule has 0 aliphatic carbocycles. The summed E-state index contributed by atoms with van der Waals surface area (Å²) in [5, 5.41) is 4.44. The SMILES string of the molecule is O=C(NCCc1ccc(Cl)cc1)c1ccc(CBr)cc1. The molecule has 0 aliphatic rings. The summed E-state index contributed by atoms with van der Waals surface area (Å²) >= 11 is 9.21. The molecule has 2 aromatic carbocycles. The van der Waals surface area contributed by atoms with Gasteiger partial charge in [0, 0.05) is 22.5 Å². The number of hydrogen-bond donors (Lipinski definition) is 1. The Morgan fingerprint density at radius 1 is 1.00 bits per heavy atom. The Balaban J connectivity index is 1.83. The number of nitrogens with one attached hydrogen (secondary N) is 1. The average molecular weight is 353 g/mol. The summed E-state index contributed by atoms with van der Waals surface area (Å²) in [6.07, 6.45) is 0.794. The second-order valence-corrected chi connectivity index (χ2v) is 5.46. The highest BCUT2D eigenvalue weighted by molar-refractivity contribution is 9.08. The quantitative estimate of drug-likeness (QED) is 0.803. The first kappa shape index (κ1) is 15.1. The second kappa shape index (κ2) is 7.46. The van der Waals surface area contributed by atoms with Crippen LogP contribution in [0, 0.1) is 0 Å². The van der Waals surface area contributed by atoms with Gasteiger partial charge in [-0.05, 0) is 41.8 Å². The van der Waals surface area contributed by atoms with Gasteiger partial charge in [0.25, 0.3) is 5.91 Å². The van der Waals surface area contributed by atoms with Gasteiger partial charge >= 0.3 is 0 Å². The van der Waals surface area contributed by atoms with E-state index in [0.717, 1.165) is 27.9 Å². The minimum Gasteiger partial charge on any atom is -0.352 e. The predicted molar refractivity (Wildman–Crippen MR) is 86.6 cm³/mol. The van der Waals surface area contributed by atoms with E-state index in [-0.39, 0.29) is 5.91 Å². The molecule has 0 atom stereocenters. The van der Waals surface area contributed by atoms with Crippen LogP contribution in [0.4, 0.5) is 0 Å². The number of benzene rings is 2. The first-order valence-corrected chi connectivity index (χ1v) is 7.86. The number of carbonyl (C=O) groups excluding carboxylic acids is 1. The van der Waals surface area contributed by atoms with Crippen molar-refractivity contribution in [1.29, 1.82) is 0 Å². The van der Waals surface area contributed by atoms with Crippen molar-refractivity contribution >= 4 is 33.4 Å². The van der Waals surface area contributed by atoms with E-state index >= 15 is 0 Å². The molecule has 4 heteroatoms. The molecule has 0 spiro atoms. The zero-order valence-corrected chi connectivity index (χ0v) is 13.2. The minimum atomic E-state index is -0.0416. The second-order valence-electron chi connectivity index (χ2n) is 4.46. The molecule has 0 radical (unpaired) electrons. The molecule has 0 saturated carbocycles. The standard InChI is InChI=1S/C16H15BrClNO/c17-11-13-1-5-14(6-2-13)16(20)19-10-9-12-3-7-15(18)8-4-12/h1-8H,9-11H2,(H,19,20). The number of halogens is 2. The summed E-state index contributed by atoms with van der Waals surface area (Å²) in [6.45, 7) is 0.612. The third kappa shape index (κ3) is 4.36. The van der Waals surface area contributed by atoms with Crippen LogP contribution in [0.5, 0.6) is 0 Å². The molecule has 0 aliphatic heterocycles. The summed E-state index contributed by atoms with van der Waals surface area (Å²) in [5.41, 5.74) is 3.00. The number of amides is 1. The first-order valence-electron chi connectivity index (χ1n) is 6.36. The summed E-state index contributed by atoms with van der Waals surface area (Å²) in [7, 11) is 0. The van der Waals surface area contributed by atoms with Gasteiger partial charge in [0.05, 0.1) is 0 Å². The van der Waals surface area contributed by atoms with Crippen LogP contribution in [0.25, 0.3) is 0 Å². The lowest BCUT2D eigenvalue weighted by Crippen LogP contribution is -2.25. The highest BCUT2D eigenvalue weighted by Crippen LogP contribution is 2.10. The van der Waals surface area contributed by atoms with Gasteiger partial charge in [-0.2, -0.15) is 0 Å². The Hall–Kier alpha value is -1.32. The third-order valence-electron chi connectivity index (χ3n) is 2.98. The van der Waals surface area contributed by atoms with Crippen LogP contribution in [0.2, 0.25) is 5.02 Å². The highest BCUT2D eigenvalue weighted by Gasteiger charge is 2.04. The maximum Gasteiger partial charge on any atom is 0.251 e. The van der Waals surface area contributed by atoms with Crippen LogP contribution in [0.15, 0.2) is 48.5 Å². The van der Waals surface area contributed by atoms with Crippen LogP contribution in [0.3, 0.4) is 0 Å². The predicted octanol–water partition coefficient (Wildman–Crippen LogP) is 4.21. The Morgan fingerprint density at radius 3 is 2.20 bits per heavy atom. The molecule has 0 unspecified atom stereocenters. The lowest BCUT2D eigenvalue weighted by Gasteiger charge is -2.06. The number of carbonyl (C=O) groups is 1. The smallest absolute Gasteiger partial charge is 0.251 e. The lowest BCUT2D eigenvalue weighted by atomic mass is 10.1. The van der Waals surface area contributed by atoms with Crippen molar-refractivity contribution < 1.29 is 4.79 Å². The molecule has 1 N–H and O–H groups in total. The summed E-state index contributed by atoms with van der Waals surface area (Å²) < 4.78 is 0. The van der Waals surface area contributed by atoms with Crippen molar-refractivity contribution in [2.75, 3.05) is 6.54 Å². The van der Waals surface area contributed by atoms with E-state index in [1.165, 1.54) is 0 Å². The molecule has 0 heterocycles. The molecule has 2 rings (SSSR count). The molecular formula is C16H15BrClNO. The minimum absolute atomic E-state index is 0.0416. The van der Waals surface area contributed by atoms with Crippen molar-refractivity contribution in [3.8, 4) is 0 Å². The van der Waals surface area contributed by atoms with Gasteiger partial charge in [0.1, 0.15) is 0 Å². The van der Waals surface area contributed by atoms with Crippen LogP contribution in [-0.4, -0.2) is 12.5 Å². The van der Waals surface area contributed by atoms with Gasteiger partial charge in [-0.3, -0.25) is 4.79 Å². The van der Waals surface area contributed by atoms with Crippen molar-refractivity contribution in [3.05, 3.63) is 70.2 Å². The van der Waals surface area contributed by atoms with E-state index in [2.05, 4.69) is 21.2 Å². The Morgan fingerprint density at radius 2 is 1.60 bits per heavy atom. The number of rotatable bonds is 5. The molecule has 0 saturated heterocycles. The zero-order valence-electron chi connectivity index (χ0n) is 10.9. The largest absolute Gasteiger partial charge is 0.352 e. The van der Waals surface area contributed by atoms with Gasteiger partial charge in [-0.1, -0.05) is 51.8 Å².